The molecule has 2 aromatic carbocycles. The lowest BCUT2D eigenvalue weighted by Crippen LogP contribution is -2.20. The molecule has 3 N–H and O–H groups in total. The van der Waals surface area contributed by atoms with Crippen LogP contribution in [0, 0.1) is 0 Å². The molecule has 0 aliphatic heterocycles. The van der Waals surface area contributed by atoms with Gasteiger partial charge in [-0.25, -0.2) is 13.6 Å². The zero-order valence-electron chi connectivity index (χ0n) is 15.1. The molecule has 0 fully saturated rings. The van der Waals surface area contributed by atoms with Gasteiger partial charge in [0.2, 0.25) is 15.9 Å². The summed E-state index contributed by atoms with van der Waals surface area (Å²) >= 11 is 0. The lowest BCUT2D eigenvalue weighted by Gasteiger charge is -2.07. The molecule has 8 heteroatoms. The first-order chi connectivity index (χ1) is 12.8. The van der Waals surface area contributed by atoms with Crippen LogP contribution in [0.4, 0.5) is 0 Å². The van der Waals surface area contributed by atoms with Crippen molar-refractivity contribution < 1.29 is 22.7 Å². The number of benzene rings is 2. The predicted molar refractivity (Wildman–Crippen MR) is 104 cm³/mol. The highest BCUT2D eigenvalue weighted by molar-refractivity contribution is 7.88. The minimum atomic E-state index is -3.56. The Balaban J connectivity index is 1.95. The summed E-state index contributed by atoms with van der Waals surface area (Å²) in [5.74, 6) is 0.805. The Kier molecular flexibility index (Phi) is 6.98. The third kappa shape index (κ3) is 6.76. The number of carbonyl (C=O) groups is 1. The van der Waals surface area contributed by atoms with Crippen LogP contribution in [0.15, 0.2) is 48.5 Å². The van der Waals surface area contributed by atoms with E-state index in [-0.39, 0.29) is 11.7 Å². The van der Waals surface area contributed by atoms with Crippen LogP contribution in [-0.4, -0.2) is 28.5 Å². The van der Waals surface area contributed by atoms with Gasteiger partial charge in [0.25, 0.3) is 0 Å². The third-order valence-corrected chi connectivity index (χ3v) is 4.44. The topological polar surface area (TPSA) is 108 Å². The molecule has 2 rings (SSSR count). The van der Waals surface area contributed by atoms with Gasteiger partial charge in [-0.15, -0.1) is 0 Å². The van der Waals surface area contributed by atoms with Crippen LogP contribution in [0.5, 0.6) is 11.5 Å². The number of primary sulfonamides is 1. The average molecular weight is 390 g/mol. The van der Waals surface area contributed by atoms with Gasteiger partial charge in [-0.3, -0.25) is 4.79 Å². The Hall–Kier alpha value is -2.84. The number of ether oxygens (including phenoxy) is 2. The Labute approximate surface area is 158 Å². The highest BCUT2D eigenvalue weighted by Crippen LogP contribution is 2.24. The summed E-state index contributed by atoms with van der Waals surface area (Å²) in [7, 11) is -0.438. The Bertz CT molecular complexity index is 922. The van der Waals surface area contributed by atoms with E-state index >= 15 is 0 Å². The van der Waals surface area contributed by atoms with Crippen molar-refractivity contribution in [3.8, 4) is 11.5 Å². The first-order valence-electron chi connectivity index (χ1n) is 8.07. The summed E-state index contributed by atoms with van der Waals surface area (Å²) in [5.41, 5.74) is 2.16. The van der Waals surface area contributed by atoms with E-state index in [0.717, 1.165) is 11.1 Å². The molecular formula is C19H22N2O5S. The summed E-state index contributed by atoms with van der Waals surface area (Å²) in [4.78, 5) is 12.0. The Morgan fingerprint density at radius 1 is 1.07 bits per heavy atom. The zero-order valence-corrected chi connectivity index (χ0v) is 16.0. The van der Waals surface area contributed by atoms with Gasteiger partial charge in [0.1, 0.15) is 11.5 Å². The molecule has 1 amide bonds. The van der Waals surface area contributed by atoms with Gasteiger partial charge in [-0.1, -0.05) is 24.3 Å². The van der Waals surface area contributed by atoms with Crippen molar-refractivity contribution >= 4 is 22.0 Å². The van der Waals surface area contributed by atoms with Crippen molar-refractivity contribution in [2.24, 2.45) is 5.14 Å². The predicted octanol–water partition coefficient (Wildman–Crippen LogP) is 1.82. The molecule has 0 saturated carbocycles. The van der Waals surface area contributed by atoms with E-state index in [9.17, 15) is 13.2 Å². The molecule has 0 radical (unpaired) electrons. The number of amides is 1. The summed E-state index contributed by atoms with van der Waals surface area (Å²) in [6.45, 7) is 0.314. The van der Waals surface area contributed by atoms with Crippen LogP contribution >= 0.6 is 0 Å². The number of nitrogens with one attached hydrogen (secondary N) is 1. The number of hydrogen-bond acceptors (Lipinski definition) is 5. The smallest absolute Gasteiger partial charge is 0.244 e. The highest BCUT2D eigenvalue weighted by Gasteiger charge is 2.06. The molecular weight excluding hydrogens is 368 g/mol. The normalized spacial score (nSPS) is 11.4. The van der Waals surface area contributed by atoms with Crippen LogP contribution in [0.1, 0.15) is 16.7 Å². The minimum absolute atomic E-state index is 0.218. The molecule has 27 heavy (non-hydrogen) atoms. The van der Waals surface area contributed by atoms with E-state index in [4.69, 9.17) is 14.6 Å². The van der Waals surface area contributed by atoms with Crippen LogP contribution in [0.25, 0.3) is 6.08 Å². The summed E-state index contributed by atoms with van der Waals surface area (Å²) in [6.07, 6.45) is 3.05. The molecule has 2 aromatic rings. The molecule has 0 spiro atoms. The number of methoxy groups -OCH3 is 2. The first-order valence-corrected chi connectivity index (χ1v) is 9.78. The fourth-order valence-electron chi connectivity index (χ4n) is 2.37. The monoisotopic (exact) mass is 390 g/mol. The number of rotatable bonds is 8. The van der Waals surface area contributed by atoms with Crippen molar-refractivity contribution in [1.82, 2.24) is 5.32 Å². The van der Waals surface area contributed by atoms with Gasteiger partial charge in [0, 0.05) is 18.2 Å². The fraction of sp³-hybridized carbons (Fsp3) is 0.211. The van der Waals surface area contributed by atoms with Crippen LogP contribution < -0.4 is 19.9 Å². The largest absolute Gasteiger partial charge is 0.497 e. The van der Waals surface area contributed by atoms with E-state index in [0.29, 0.717) is 23.6 Å². The van der Waals surface area contributed by atoms with Gasteiger partial charge < -0.3 is 14.8 Å². The van der Waals surface area contributed by atoms with Crippen LogP contribution in [0.3, 0.4) is 0 Å². The van der Waals surface area contributed by atoms with E-state index in [2.05, 4.69) is 5.32 Å². The third-order valence-electron chi connectivity index (χ3n) is 3.71. The number of hydrogen-bond donors (Lipinski definition) is 2. The lowest BCUT2D eigenvalue weighted by atomic mass is 10.1. The molecule has 0 aliphatic carbocycles. The molecule has 0 aromatic heterocycles. The lowest BCUT2D eigenvalue weighted by molar-refractivity contribution is -0.116. The number of nitrogens with two attached hydrogens (primary N) is 1. The van der Waals surface area contributed by atoms with Crippen LogP contribution in [0.2, 0.25) is 0 Å². The van der Waals surface area contributed by atoms with Crippen molar-refractivity contribution in [1.29, 1.82) is 0 Å². The quantitative estimate of drug-likeness (QED) is 0.669. The van der Waals surface area contributed by atoms with Crippen molar-refractivity contribution in [2.45, 2.75) is 12.3 Å². The van der Waals surface area contributed by atoms with Gasteiger partial charge in [-0.05, 0) is 35.4 Å². The van der Waals surface area contributed by atoms with E-state index in [1.165, 1.54) is 6.08 Å². The van der Waals surface area contributed by atoms with Gasteiger partial charge in [0.15, 0.2) is 0 Å². The maximum absolute atomic E-state index is 12.0. The maximum Gasteiger partial charge on any atom is 0.244 e. The van der Waals surface area contributed by atoms with E-state index < -0.39 is 10.0 Å². The standard InChI is InChI=1S/C19H22N2O5S/c1-25-17-8-9-18(26-2)16(11-17)7-10-19(22)21-12-14-3-5-15(6-4-14)13-27(20,23)24/h3-11H,12-13H2,1-2H3,(H,21,22)(H2,20,23,24)/b10-7+. The molecule has 7 nitrogen and oxygen atoms in total. The molecule has 0 unspecified atom stereocenters. The molecule has 0 heterocycles. The van der Waals surface area contributed by atoms with E-state index in [1.54, 1.807) is 62.8 Å². The van der Waals surface area contributed by atoms with E-state index in [1.807, 2.05) is 0 Å². The van der Waals surface area contributed by atoms with Crippen molar-refractivity contribution in [3.05, 3.63) is 65.2 Å². The molecule has 0 atom stereocenters. The minimum Gasteiger partial charge on any atom is -0.497 e. The van der Waals surface area contributed by atoms with Crippen molar-refractivity contribution in [3.63, 3.8) is 0 Å². The van der Waals surface area contributed by atoms with Crippen LogP contribution in [-0.2, 0) is 27.1 Å². The number of carbonyl (C=O) groups excluding carboxylic acids is 1. The highest BCUT2D eigenvalue weighted by atomic mass is 32.2. The summed E-state index contributed by atoms with van der Waals surface area (Å²) in [6, 6.07) is 12.1. The molecule has 0 bridgehead atoms. The summed E-state index contributed by atoms with van der Waals surface area (Å²) in [5, 5.41) is 7.78. The SMILES string of the molecule is COc1ccc(OC)c(/C=C/C(=O)NCc2ccc(CS(N)(=O)=O)cc2)c1. The second kappa shape index (κ2) is 9.20. The van der Waals surface area contributed by atoms with Gasteiger partial charge >= 0.3 is 0 Å². The fourth-order valence-corrected chi connectivity index (χ4v) is 3.03. The van der Waals surface area contributed by atoms with Gasteiger partial charge in [0.05, 0.1) is 20.0 Å². The zero-order chi connectivity index (χ0) is 19.9. The molecule has 0 saturated heterocycles. The Morgan fingerprint density at radius 3 is 2.33 bits per heavy atom. The second-order valence-electron chi connectivity index (χ2n) is 5.78. The van der Waals surface area contributed by atoms with Gasteiger partial charge in [-0.2, -0.15) is 0 Å². The molecule has 144 valence electrons. The average Bonchev–Trinajstić information content (AvgIpc) is 2.64. The van der Waals surface area contributed by atoms with Crippen molar-refractivity contribution in [2.75, 3.05) is 14.2 Å². The first kappa shape index (κ1) is 20.5. The second-order valence-corrected chi connectivity index (χ2v) is 7.40. The maximum atomic E-state index is 12.0. The number of sulfonamides is 1. The molecule has 0 aliphatic rings. The summed E-state index contributed by atoms with van der Waals surface area (Å²) < 4.78 is 32.6. The Morgan fingerprint density at radius 2 is 1.74 bits per heavy atom.